The van der Waals surface area contributed by atoms with Crippen molar-refractivity contribution in [3.05, 3.63) is 41.5 Å². The van der Waals surface area contributed by atoms with Crippen LogP contribution in [0.1, 0.15) is 30.3 Å². The molecule has 2 aromatic rings. The molecule has 0 radical (unpaired) electrons. The number of rotatable bonds is 1. The quantitative estimate of drug-likeness (QED) is 0.817. The Bertz CT molecular complexity index is 532. The van der Waals surface area contributed by atoms with Crippen LogP contribution in [0.2, 0.25) is 0 Å². The molecule has 1 aromatic carbocycles. The molecule has 4 nitrogen and oxygen atoms in total. The maximum Gasteiger partial charge on any atom is 0.239 e. The van der Waals surface area contributed by atoms with Crippen molar-refractivity contribution < 1.29 is 4.39 Å². The number of halogens is 1. The van der Waals surface area contributed by atoms with Gasteiger partial charge in [-0.15, -0.1) is 5.10 Å². The zero-order valence-electron chi connectivity index (χ0n) is 9.31. The van der Waals surface area contributed by atoms with Gasteiger partial charge in [-0.25, -0.2) is 9.07 Å². The van der Waals surface area contributed by atoms with Crippen LogP contribution in [0.3, 0.4) is 0 Å². The minimum atomic E-state index is -0.220. The summed E-state index contributed by atoms with van der Waals surface area (Å²) in [6.07, 6.45) is 2.95. The Morgan fingerprint density at radius 2 is 2.06 bits per heavy atom. The van der Waals surface area contributed by atoms with Gasteiger partial charge in [0, 0.05) is 6.42 Å². The lowest BCUT2D eigenvalue weighted by Gasteiger charge is -2.23. The van der Waals surface area contributed by atoms with Crippen LogP contribution in [0.25, 0.3) is 0 Å². The second-order valence-corrected chi connectivity index (χ2v) is 4.29. The van der Waals surface area contributed by atoms with Crippen LogP contribution >= 0.6 is 0 Å². The van der Waals surface area contributed by atoms with Crippen LogP contribution in [-0.2, 0) is 6.42 Å². The van der Waals surface area contributed by atoms with Crippen molar-refractivity contribution in [2.45, 2.75) is 25.3 Å². The van der Waals surface area contributed by atoms with Gasteiger partial charge in [0.1, 0.15) is 11.6 Å². The molecule has 0 saturated carbocycles. The zero-order valence-corrected chi connectivity index (χ0v) is 9.31. The lowest BCUT2D eigenvalue weighted by atomic mass is 9.98. The predicted octanol–water partition coefficient (Wildman–Crippen LogP) is 1.93. The number of nitrogen functional groups attached to an aromatic ring is 1. The van der Waals surface area contributed by atoms with E-state index in [4.69, 9.17) is 5.73 Å². The maximum atomic E-state index is 12.9. The number of nitrogens with zero attached hydrogens (tertiary/aromatic N) is 3. The summed E-state index contributed by atoms with van der Waals surface area (Å²) in [5.41, 5.74) is 6.67. The molecule has 0 amide bonds. The van der Waals surface area contributed by atoms with E-state index in [0.29, 0.717) is 5.95 Å². The van der Waals surface area contributed by atoms with E-state index < -0.39 is 0 Å². The average molecular weight is 232 g/mol. The van der Waals surface area contributed by atoms with Crippen LogP contribution in [0.4, 0.5) is 10.3 Å². The van der Waals surface area contributed by atoms with Gasteiger partial charge in [0.05, 0.1) is 6.04 Å². The van der Waals surface area contributed by atoms with Gasteiger partial charge in [-0.05, 0) is 30.5 Å². The Hall–Kier alpha value is -1.91. The average Bonchev–Trinajstić information content (AvgIpc) is 2.70. The number of anilines is 1. The van der Waals surface area contributed by atoms with Crippen LogP contribution in [0.5, 0.6) is 0 Å². The smallest absolute Gasteiger partial charge is 0.239 e. The van der Waals surface area contributed by atoms with Crippen molar-refractivity contribution in [2.24, 2.45) is 0 Å². The van der Waals surface area contributed by atoms with Gasteiger partial charge in [0.25, 0.3) is 0 Å². The van der Waals surface area contributed by atoms with Crippen LogP contribution in [0, 0.1) is 5.82 Å². The molecule has 1 aliphatic heterocycles. The van der Waals surface area contributed by atoms with E-state index in [9.17, 15) is 4.39 Å². The highest BCUT2D eigenvalue weighted by atomic mass is 19.1. The summed E-state index contributed by atoms with van der Waals surface area (Å²) in [5, 5.41) is 4.22. The highest BCUT2D eigenvalue weighted by Crippen LogP contribution is 2.29. The minimum absolute atomic E-state index is 0.129. The van der Waals surface area contributed by atoms with Crippen LogP contribution in [0.15, 0.2) is 24.3 Å². The normalized spacial score (nSPS) is 19.0. The third-order valence-electron chi connectivity index (χ3n) is 3.15. The zero-order chi connectivity index (χ0) is 11.8. The second kappa shape index (κ2) is 3.84. The van der Waals surface area contributed by atoms with E-state index in [0.717, 1.165) is 30.7 Å². The fourth-order valence-corrected chi connectivity index (χ4v) is 2.36. The molecule has 0 bridgehead atoms. The van der Waals surface area contributed by atoms with Crippen LogP contribution < -0.4 is 5.73 Å². The number of benzene rings is 1. The summed E-state index contributed by atoms with van der Waals surface area (Å²) in [6, 6.07) is 6.68. The molecule has 1 aromatic heterocycles. The van der Waals surface area contributed by atoms with Crippen molar-refractivity contribution in [2.75, 3.05) is 5.73 Å². The first-order valence-corrected chi connectivity index (χ1v) is 5.70. The van der Waals surface area contributed by atoms with E-state index in [1.807, 2.05) is 4.68 Å². The molecular weight excluding hydrogens is 219 g/mol. The summed E-state index contributed by atoms with van der Waals surface area (Å²) >= 11 is 0. The first-order valence-electron chi connectivity index (χ1n) is 5.70. The number of aryl methyl sites for hydroxylation is 1. The third-order valence-corrected chi connectivity index (χ3v) is 3.15. The fourth-order valence-electron chi connectivity index (χ4n) is 2.36. The highest BCUT2D eigenvalue weighted by Gasteiger charge is 2.23. The van der Waals surface area contributed by atoms with Crippen molar-refractivity contribution in [1.29, 1.82) is 0 Å². The second-order valence-electron chi connectivity index (χ2n) is 4.29. The van der Waals surface area contributed by atoms with Gasteiger partial charge >= 0.3 is 0 Å². The lowest BCUT2D eigenvalue weighted by Crippen LogP contribution is -2.20. The molecule has 0 spiro atoms. The SMILES string of the molecule is Nc1nc2n(n1)C(c1ccc(F)cc1)CCC2. The predicted molar refractivity (Wildman–Crippen MR) is 61.9 cm³/mol. The molecule has 88 valence electrons. The number of hydrogen-bond donors (Lipinski definition) is 1. The maximum absolute atomic E-state index is 12.9. The molecule has 2 heterocycles. The standard InChI is InChI=1S/C12H13FN4/c13-9-6-4-8(5-7-9)10-2-1-3-11-15-12(14)16-17(10)11/h4-7,10H,1-3H2,(H2,14,16). The van der Waals surface area contributed by atoms with Crippen molar-refractivity contribution in [3.8, 4) is 0 Å². The molecule has 0 saturated heterocycles. The molecular formula is C12H13FN4. The molecule has 5 heteroatoms. The monoisotopic (exact) mass is 232 g/mol. The van der Waals surface area contributed by atoms with Crippen molar-refractivity contribution in [1.82, 2.24) is 14.8 Å². The summed E-state index contributed by atoms with van der Waals surface area (Å²) < 4.78 is 14.8. The largest absolute Gasteiger partial charge is 0.366 e. The summed E-state index contributed by atoms with van der Waals surface area (Å²) in [6.45, 7) is 0. The van der Waals surface area contributed by atoms with Gasteiger partial charge in [-0.3, -0.25) is 0 Å². The van der Waals surface area contributed by atoms with Gasteiger partial charge in [0.15, 0.2) is 0 Å². The fraction of sp³-hybridized carbons (Fsp3) is 0.333. The van der Waals surface area contributed by atoms with Crippen molar-refractivity contribution in [3.63, 3.8) is 0 Å². The molecule has 1 atom stereocenters. The molecule has 0 fully saturated rings. The van der Waals surface area contributed by atoms with Gasteiger partial charge < -0.3 is 5.73 Å². The number of hydrogen-bond acceptors (Lipinski definition) is 3. The first-order chi connectivity index (χ1) is 8.24. The summed E-state index contributed by atoms with van der Waals surface area (Å²) in [7, 11) is 0. The number of fused-ring (bicyclic) bond motifs is 1. The lowest BCUT2D eigenvalue weighted by molar-refractivity contribution is 0.412. The van der Waals surface area contributed by atoms with Crippen molar-refractivity contribution >= 4 is 5.95 Å². The Morgan fingerprint density at radius 1 is 1.29 bits per heavy atom. The van der Waals surface area contributed by atoms with E-state index in [2.05, 4.69) is 10.1 Å². The van der Waals surface area contributed by atoms with Gasteiger partial charge in [-0.2, -0.15) is 4.98 Å². The first kappa shape index (κ1) is 10.3. The topological polar surface area (TPSA) is 56.7 Å². The minimum Gasteiger partial charge on any atom is -0.366 e. The Kier molecular flexibility index (Phi) is 2.31. The van der Waals surface area contributed by atoms with E-state index in [1.165, 1.54) is 12.1 Å². The molecule has 0 aliphatic carbocycles. The third kappa shape index (κ3) is 1.77. The molecule has 3 rings (SSSR count). The summed E-state index contributed by atoms with van der Waals surface area (Å²) in [5.74, 6) is 1.01. The highest BCUT2D eigenvalue weighted by molar-refractivity contribution is 5.24. The Balaban J connectivity index is 2.02. The van der Waals surface area contributed by atoms with E-state index in [-0.39, 0.29) is 11.9 Å². The number of aromatic nitrogens is 3. The Morgan fingerprint density at radius 3 is 2.82 bits per heavy atom. The van der Waals surface area contributed by atoms with Crippen LogP contribution in [-0.4, -0.2) is 14.8 Å². The molecule has 17 heavy (non-hydrogen) atoms. The van der Waals surface area contributed by atoms with Gasteiger partial charge in [-0.1, -0.05) is 12.1 Å². The van der Waals surface area contributed by atoms with E-state index in [1.54, 1.807) is 12.1 Å². The van der Waals surface area contributed by atoms with E-state index >= 15 is 0 Å². The Labute approximate surface area is 98.3 Å². The van der Waals surface area contributed by atoms with Gasteiger partial charge in [0.2, 0.25) is 5.95 Å². The molecule has 1 unspecified atom stereocenters. The summed E-state index contributed by atoms with van der Waals surface area (Å²) in [4.78, 5) is 4.20. The molecule has 1 aliphatic rings. The molecule has 2 N–H and O–H groups in total. The number of nitrogens with two attached hydrogens (primary N) is 1.